The summed E-state index contributed by atoms with van der Waals surface area (Å²) in [7, 11) is 1.40. The molecule has 0 unspecified atom stereocenters. The molecular formula is C9H11F3N2O. The Morgan fingerprint density at radius 2 is 2.07 bits per heavy atom. The molecule has 84 valence electrons. The molecule has 0 fully saturated rings. The van der Waals surface area contributed by atoms with E-state index in [1.807, 2.05) is 0 Å². The Kier molecular flexibility index (Phi) is 3.28. The maximum Gasteiger partial charge on any atom is 0.405 e. The smallest absolute Gasteiger partial charge is 0.405 e. The van der Waals surface area contributed by atoms with Crippen molar-refractivity contribution >= 4 is 11.4 Å². The predicted molar refractivity (Wildman–Crippen MR) is 52.0 cm³/mol. The summed E-state index contributed by atoms with van der Waals surface area (Å²) < 4.78 is 40.6. The standard InChI is InChI=1S/C9H11F3N2O/c1-15-7-4-2-3-6(8(7)13)14-5-9(10,11)12/h2-4,14H,5,13H2,1H3. The highest BCUT2D eigenvalue weighted by molar-refractivity contribution is 5.72. The molecule has 1 aromatic carbocycles. The first kappa shape index (κ1) is 11.5. The number of nitrogen functional groups attached to an aromatic ring is 1. The van der Waals surface area contributed by atoms with Gasteiger partial charge in [0.15, 0.2) is 0 Å². The van der Waals surface area contributed by atoms with Crippen molar-refractivity contribution in [1.29, 1.82) is 0 Å². The van der Waals surface area contributed by atoms with Crippen LogP contribution in [0.25, 0.3) is 0 Å². The molecule has 0 spiro atoms. The zero-order chi connectivity index (χ0) is 11.5. The highest BCUT2D eigenvalue weighted by Gasteiger charge is 2.26. The average molecular weight is 220 g/mol. The van der Waals surface area contributed by atoms with Gasteiger partial charge in [-0.15, -0.1) is 0 Å². The first-order chi connectivity index (χ1) is 6.94. The molecule has 0 radical (unpaired) electrons. The van der Waals surface area contributed by atoms with Gasteiger partial charge in [0.05, 0.1) is 18.5 Å². The summed E-state index contributed by atoms with van der Waals surface area (Å²) >= 11 is 0. The van der Waals surface area contributed by atoms with Crippen LogP contribution in [0.2, 0.25) is 0 Å². The van der Waals surface area contributed by atoms with Gasteiger partial charge in [0, 0.05) is 0 Å². The van der Waals surface area contributed by atoms with Crippen molar-refractivity contribution in [2.45, 2.75) is 6.18 Å². The number of nitrogens with two attached hydrogens (primary N) is 1. The largest absolute Gasteiger partial charge is 0.495 e. The molecular weight excluding hydrogens is 209 g/mol. The number of ether oxygens (including phenoxy) is 1. The van der Waals surface area contributed by atoms with Crippen LogP contribution in [0.15, 0.2) is 18.2 Å². The van der Waals surface area contributed by atoms with Crippen LogP contribution in [0.3, 0.4) is 0 Å². The number of anilines is 2. The van der Waals surface area contributed by atoms with Crippen molar-refractivity contribution in [3.8, 4) is 5.75 Å². The minimum absolute atomic E-state index is 0.171. The molecule has 6 heteroatoms. The van der Waals surface area contributed by atoms with Gasteiger partial charge in [-0.05, 0) is 12.1 Å². The number of methoxy groups -OCH3 is 1. The second kappa shape index (κ2) is 4.29. The molecule has 0 aromatic heterocycles. The summed E-state index contributed by atoms with van der Waals surface area (Å²) in [6, 6.07) is 4.60. The second-order valence-corrected chi connectivity index (χ2v) is 2.89. The number of halogens is 3. The zero-order valence-electron chi connectivity index (χ0n) is 8.06. The van der Waals surface area contributed by atoms with Crippen molar-refractivity contribution in [2.24, 2.45) is 0 Å². The zero-order valence-corrected chi connectivity index (χ0v) is 8.06. The number of rotatable bonds is 3. The van der Waals surface area contributed by atoms with Gasteiger partial charge in [-0.2, -0.15) is 13.2 Å². The van der Waals surface area contributed by atoms with Gasteiger partial charge in [0.2, 0.25) is 0 Å². The Bertz CT molecular complexity index is 339. The van der Waals surface area contributed by atoms with Crippen LogP contribution >= 0.6 is 0 Å². The molecule has 1 rings (SSSR count). The summed E-state index contributed by atoms with van der Waals surface area (Å²) in [6.45, 7) is -1.12. The first-order valence-electron chi connectivity index (χ1n) is 4.17. The summed E-state index contributed by atoms with van der Waals surface area (Å²) in [5, 5.41) is 2.20. The maximum absolute atomic E-state index is 11.9. The number of para-hydroxylation sites is 1. The fraction of sp³-hybridized carbons (Fsp3) is 0.333. The van der Waals surface area contributed by atoms with Crippen LogP contribution in [0.5, 0.6) is 5.75 Å². The topological polar surface area (TPSA) is 47.3 Å². The Labute approximate surface area is 85.0 Å². The summed E-state index contributed by atoms with van der Waals surface area (Å²) in [4.78, 5) is 0. The summed E-state index contributed by atoms with van der Waals surface area (Å²) in [5.74, 6) is 0.349. The Morgan fingerprint density at radius 1 is 1.40 bits per heavy atom. The van der Waals surface area contributed by atoms with E-state index in [9.17, 15) is 13.2 Å². The number of hydrogen-bond acceptors (Lipinski definition) is 3. The van der Waals surface area contributed by atoms with Crippen molar-refractivity contribution in [3.05, 3.63) is 18.2 Å². The molecule has 0 aliphatic carbocycles. The number of hydrogen-bond donors (Lipinski definition) is 2. The molecule has 0 saturated heterocycles. The molecule has 15 heavy (non-hydrogen) atoms. The second-order valence-electron chi connectivity index (χ2n) is 2.89. The number of nitrogens with one attached hydrogen (secondary N) is 1. The third kappa shape index (κ3) is 3.23. The summed E-state index contributed by atoms with van der Waals surface area (Å²) in [6.07, 6.45) is -4.27. The third-order valence-corrected chi connectivity index (χ3v) is 1.77. The maximum atomic E-state index is 11.9. The third-order valence-electron chi connectivity index (χ3n) is 1.77. The van der Waals surface area contributed by atoms with E-state index in [1.165, 1.54) is 13.2 Å². The highest BCUT2D eigenvalue weighted by Crippen LogP contribution is 2.29. The molecule has 0 heterocycles. The normalized spacial score (nSPS) is 11.2. The molecule has 0 saturated carbocycles. The Morgan fingerprint density at radius 3 is 2.60 bits per heavy atom. The van der Waals surface area contributed by atoms with Gasteiger partial charge in [0.25, 0.3) is 0 Å². The van der Waals surface area contributed by atoms with E-state index in [2.05, 4.69) is 5.32 Å². The molecule has 3 N–H and O–H groups in total. The van der Waals surface area contributed by atoms with Gasteiger partial charge in [-0.3, -0.25) is 0 Å². The van der Waals surface area contributed by atoms with E-state index in [1.54, 1.807) is 12.1 Å². The van der Waals surface area contributed by atoms with E-state index in [4.69, 9.17) is 10.5 Å². The minimum atomic E-state index is -4.27. The Hall–Kier alpha value is -1.59. The van der Waals surface area contributed by atoms with Gasteiger partial charge in [-0.25, -0.2) is 0 Å². The van der Waals surface area contributed by atoms with Crippen molar-refractivity contribution in [1.82, 2.24) is 0 Å². The lowest BCUT2D eigenvalue weighted by Gasteiger charge is -2.13. The monoisotopic (exact) mass is 220 g/mol. The number of alkyl halides is 3. The molecule has 0 bridgehead atoms. The fourth-order valence-corrected chi connectivity index (χ4v) is 1.07. The first-order valence-corrected chi connectivity index (χ1v) is 4.17. The van der Waals surface area contributed by atoms with Crippen LogP contribution in [-0.4, -0.2) is 19.8 Å². The Balaban J connectivity index is 2.78. The van der Waals surface area contributed by atoms with Gasteiger partial charge < -0.3 is 15.8 Å². The highest BCUT2D eigenvalue weighted by atomic mass is 19.4. The van der Waals surface area contributed by atoms with Crippen LogP contribution < -0.4 is 15.8 Å². The van der Waals surface area contributed by atoms with Crippen molar-refractivity contribution in [3.63, 3.8) is 0 Å². The summed E-state index contributed by atoms with van der Waals surface area (Å²) in [5.41, 5.74) is 5.95. The minimum Gasteiger partial charge on any atom is -0.495 e. The molecule has 0 aliphatic rings. The van der Waals surface area contributed by atoms with Gasteiger partial charge in [0.1, 0.15) is 12.3 Å². The van der Waals surface area contributed by atoms with Crippen LogP contribution in [0.1, 0.15) is 0 Å². The lowest BCUT2D eigenvalue weighted by Crippen LogP contribution is -2.21. The van der Waals surface area contributed by atoms with Crippen LogP contribution in [0, 0.1) is 0 Å². The van der Waals surface area contributed by atoms with E-state index < -0.39 is 12.7 Å². The molecule has 0 aliphatic heterocycles. The molecule has 0 atom stereocenters. The van der Waals surface area contributed by atoms with Crippen molar-refractivity contribution in [2.75, 3.05) is 24.7 Å². The van der Waals surface area contributed by atoms with Crippen molar-refractivity contribution < 1.29 is 17.9 Å². The van der Waals surface area contributed by atoms with Gasteiger partial charge >= 0.3 is 6.18 Å². The van der Waals surface area contributed by atoms with Crippen LogP contribution in [-0.2, 0) is 0 Å². The molecule has 3 nitrogen and oxygen atoms in total. The SMILES string of the molecule is COc1cccc(NCC(F)(F)F)c1N. The number of benzene rings is 1. The van der Waals surface area contributed by atoms with E-state index in [-0.39, 0.29) is 11.4 Å². The lowest BCUT2D eigenvalue weighted by atomic mass is 10.2. The predicted octanol–water partition coefficient (Wildman–Crippen LogP) is 2.25. The lowest BCUT2D eigenvalue weighted by molar-refractivity contribution is -0.115. The molecule has 0 amide bonds. The average Bonchev–Trinajstić information content (AvgIpc) is 2.15. The van der Waals surface area contributed by atoms with E-state index in [0.29, 0.717) is 5.75 Å². The van der Waals surface area contributed by atoms with Crippen LogP contribution in [0.4, 0.5) is 24.5 Å². The van der Waals surface area contributed by atoms with E-state index in [0.717, 1.165) is 0 Å². The van der Waals surface area contributed by atoms with Gasteiger partial charge in [-0.1, -0.05) is 6.07 Å². The molecule has 1 aromatic rings. The fourth-order valence-electron chi connectivity index (χ4n) is 1.07. The van der Waals surface area contributed by atoms with E-state index >= 15 is 0 Å². The quantitative estimate of drug-likeness (QED) is 0.768.